The second-order valence-corrected chi connectivity index (χ2v) is 3.25. The molecule has 0 radical (unpaired) electrons. The average molecular weight is 215 g/mol. The van der Waals surface area contributed by atoms with Gasteiger partial charge in [-0.15, -0.1) is 0 Å². The Labute approximate surface area is 86.7 Å². The van der Waals surface area contributed by atoms with Crippen molar-refractivity contribution in [3.8, 4) is 0 Å². The molecule has 78 valence electrons. The monoisotopic (exact) mass is 215 g/mol. The number of aromatic nitrogens is 1. The van der Waals surface area contributed by atoms with Gasteiger partial charge < -0.3 is 10.3 Å². The maximum Gasteiger partial charge on any atom is 0.234 e. The molecule has 1 aromatic rings. The van der Waals surface area contributed by atoms with Crippen molar-refractivity contribution in [1.29, 1.82) is 0 Å². The smallest absolute Gasteiger partial charge is 0.234 e. The van der Waals surface area contributed by atoms with Crippen LogP contribution >= 0.6 is 11.8 Å². The van der Waals surface area contributed by atoms with Gasteiger partial charge in [0.25, 0.3) is 0 Å². The molecule has 0 aromatic carbocycles. The molecule has 6 heteroatoms. The van der Waals surface area contributed by atoms with Crippen LogP contribution in [0, 0.1) is 0 Å². The van der Waals surface area contributed by atoms with Gasteiger partial charge in [-0.05, 0) is 0 Å². The zero-order valence-electron chi connectivity index (χ0n) is 7.97. The molecule has 0 saturated carbocycles. The van der Waals surface area contributed by atoms with Crippen LogP contribution in [-0.2, 0) is 10.5 Å². The maximum atomic E-state index is 8.88. The van der Waals surface area contributed by atoms with Crippen molar-refractivity contribution < 1.29 is 9.32 Å². The van der Waals surface area contributed by atoms with Crippen molar-refractivity contribution >= 4 is 17.8 Å². The van der Waals surface area contributed by atoms with Crippen LogP contribution in [0.2, 0.25) is 0 Å². The van der Waals surface area contributed by atoms with E-state index in [1.54, 1.807) is 18.0 Å². The van der Waals surface area contributed by atoms with Crippen LogP contribution in [0.15, 0.2) is 21.8 Å². The van der Waals surface area contributed by atoms with E-state index >= 15 is 0 Å². The lowest BCUT2D eigenvalue weighted by atomic mass is 10.5. The third kappa shape index (κ3) is 7.54. The van der Waals surface area contributed by atoms with E-state index in [1.165, 1.54) is 13.1 Å². The van der Waals surface area contributed by atoms with Gasteiger partial charge in [-0.1, -0.05) is 5.16 Å². The van der Waals surface area contributed by atoms with E-state index < -0.39 is 0 Å². The van der Waals surface area contributed by atoms with Gasteiger partial charge in [-0.25, -0.2) is 9.79 Å². The molecule has 0 amide bonds. The Bertz CT molecular complexity index is 258. The van der Waals surface area contributed by atoms with Crippen LogP contribution in [-0.4, -0.2) is 30.6 Å². The Balaban J connectivity index is 0.000000364. The number of nitrogens with two attached hydrogens (primary N) is 1. The lowest BCUT2D eigenvalue weighted by Crippen LogP contribution is -2.01. The highest BCUT2D eigenvalue weighted by Gasteiger charge is 1.94. The Morgan fingerprint density at radius 3 is 2.93 bits per heavy atom. The van der Waals surface area contributed by atoms with Crippen molar-refractivity contribution in [1.82, 2.24) is 5.16 Å². The van der Waals surface area contributed by atoms with E-state index in [2.05, 4.69) is 14.7 Å². The summed E-state index contributed by atoms with van der Waals surface area (Å²) >= 11 is 1.76. The van der Waals surface area contributed by atoms with E-state index in [1.807, 2.05) is 6.07 Å². The summed E-state index contributed by atoms with van der Waals surface area (Å²) in [7, 11) is 1.38. The average Bonchev–Trinajstić information content (AvgIpc) is 2.72. The quantitative estimate of drug-likeness (QED) is 0.457. The summed E-state index contributed by atoms with van der Waals surface area (Å²) in [5.74, 6) is 1.88. The van der Waals surface area contributed by atoms with Gasteiger partial charge in [0.2, 0.25) is 6.08 Å². The molecule has 0 bridgehead atoms. The van der Waals surface area contributed by atoms with Gasteiger partial charge in [0.15, 0.2) is 0 Å². The first kappa shape index (κ1) is 12.9. The molecule has 0 atom stereocenters. The van der Waals surface area contributed by atoms with Crippen molar-refractivity contribution in [2.45, 2.75) is 5.75 Å². The van der Waals surface area contributed by atoms with Crippen LogP contribution in [0.4, 0.5) is 0 Å². The largest absolute Gasteiger partial charge is 0.364 e. The van der Waals surface area contributed by atoms with E-state index in [0.29, 0.717) is 0 Å². The van der Waals surface area contributed by atoms with Crippen molar-refractivity contribution in [2.75, 3.05) is 19.3 Å². The van der Waals surface area contributed by atoms with Crippen LogP contribution < -0.4 is 5.73 Å². The predicted molar refractivity (Wildman–Crippen MR) is 55.8 cm³/mol. The van der Waals surface area contributed by atoms with Crippen molar-refractivity contribution in [3.05, 3.63) is 18.0 Å². The van der Waals surface area contributed by atoms with Crippen LogP contribution in [0.25, 0.3) is 0 Å². The second-order valence-electron chi connectivity index (χ2n) is 2.15. The Morgan fingerprint density at radius 1 is 1.79 bits per heavy atom. The molecule has 5 nitrogen and oxygen atoms in total. The molecule has 0 aliphatic carbocycles. The highest BCUT2D eigenvalue weighted by molar-refractivity contribution is 7.98. The number of carbonyl (C=O) groups excluding carboxylic acids is 1. The molecule has 0 unspecified atom stereocenters. The standard InChI is InChI=1S/C6H10N2OS.C2H3NO/c7-2-4-10-5-6-1-3-9-8-6;1-3-2-4/h1,3H,2,4-5,7H2;1H3. The number of aliphatic imine (C=N–C) groups is 1. The summed E-state index contributed by atoms with van der Waals surface area (Å²) in [4.78, 5) is 11.8. The minimum absolute atomic E-state index is 0.725. The number of hydrogen-bond acceptors (Lipinski definition) is 6. The Morgan fingerprint density at radius 2 is 2.50 bits per heavy atom. The minimum atomic E-state index is 0.725. The molecule has 1 aromatic heterocycles. The molecular weight excluding hydrogens is 202 g/mol. The number of rotatable bonds is 4. The van der Waals surface area contributed by atoms with E-state index in [-0.39, 0.29) is 0 Å². The van der Waals surface area contributed by atoms with Gasteiger partial charge >= 0.3 is 0 Å². The summed E-state index contributed by atoms with van der Waals surface area (Å²) in [5, 5.41) is 3.75. The summed E-state index contributed by atoms with van der Waals surface area (Å²) in [6.07, 6.45) is 2.89. The molecular formula is C8H13N3O2S. The summed E-state index contributed by atoms with van der Waals surface area (Å²) in [6, 6.07) is 1.86. The number of thioether (sulfide) groups is 1. The Hall–Kier alpha value is -1.10. The first-order valence-corrected chi connectivity index (χ1v) is 5.13. The third-order valence-corrected chi connectivity index (χ3v) is 2.12. The normalized spacial score (nSPS) is 8.43. The maximum absolute atomic E-state index is 8.88. The molecule has 0 aliphatic rings. The van der Waals surface area contributed by atoms with Gasteiger partial charge in [0.1, 0.15) is 6.26 Å². The summed E-state index contributed by atoms with van der Waals surface area (Å²) < 4.78 is 4.65. The van der Waals surface area contributed by atoms with E-state index in [4.69, 9.17) is 10.5 Å². The lowest BCUT2D eigenvalue weighted by molar-refractivity contribution is 0.414. The highest BCUT2D eigenvalue weighted by atomic mass is 32.2. The topological polar surface area (TPSA) is 81.5 Å². The summed E-state index contributed by atoms with van der Waals surface area (Å²) in [6.45, 7) is 0.725. The fourth-order valence-electron chi connectivity index (χ4n) is 0.572. The van der Waals surface area contributed by atoms with E-state index in [9.17, 15) is 0 Å². The number of isocyanates is 1. The fourth-order valence-corrected chi connectivity index (χ4v) is 1.24. The van der Waals surface area contributed by atoms with Crippen LogP contribution in [0.3, 0.4) is 0 Å². The lowest BCUT2D eigenvalue weighted by Gasteiger charge is -1.92. The van der Waals surface area contributed by atoms with Gasteiger partial charge in [0.05, 0.1) is 5.69 Å². The molecule has 0 fully saturated rings. The first-order chi connectivity index (χ1) is 6.85. The third-order valence-electron chi connectivity index (χ3n) is 1.09. The van der Waals surface area contributed by atoms with E-state index in [0.717, 1.165) is 23.7 Å². The molecule has 2 N–H and O–H groups in total. The van der Waals surface area contributed by atoms with Crippen molar-refractivity contribution in [2.24, 2.45) is 10.7 Å². The second kappa shape index (κ2) is 9.98. The van der Waals surface area contributed by atoms with Crippen LogP contribution in [0.5, 0.6) is 0 Å². The zero-order chi connectivity index (χ0) is 10.6. The van der Waals surface area contributed by atoms with Crippen molar-refractivity contribution in [3.63, 3.8) is 0 Å². The molecule has 0 aliphatic heterocycles. The molecule has 0 spiro atoms. The molecule has 0 saturated heterocycles. The highest BCUT2D eigenvalue weighted by Crippen LogP contribution is 2.07. The predicted octanol–water partition coefficient (Wildman–Crippen LogP) is 0.819. The molecule has 14 heavy (non-hydrogen) atoms. The SMILES string of the molecule is CN=C=O.NCCSCc1ccon1. The van der Waals surface area contributed by atoms with Gasteiger partial charge in [0, 0.05) is 31.2 Å². The van der Waals surface area contributed by atoms with Gasteiger partial charge in [-0.3, -0.25) is 0 Å². The Kier molecular flexibility index (Phi) is 9.20. The minimum Gasteiger partial charge on any atom is -0.364 e. The molecule has 1 rings (SSSR count). The number of hydrogen-bond donors (Lipinski definition) is 1. The zero-order valence-corrected chi connectivity index (χ0v) is 8.79. The fraction of sp³-hybridized carbons (Fsp3) is 0.500. The first-order valence-electron chi connectivity index (χ1n) is 3.98. The van der Waals surface area contributed by atoms with Gasteiger partial charge in [-0.2, -0.15) is 11.8 Å². The molecule has 1 heterocycles. The number of nitrogens with zero attached hydrogens (tertiary/aromatic N) is 2. The van der Waals surface area contributed by atoms with Crippen LogP contribution in [0.1, 0.15) is 5.69 Å². The summed E-state index contributed by atoms with van der Waals surface area (Å²) in [5.41, 5.74) is 6.29.